The number of nitrogens with one attached hydrogen (secondary N) is 2. The molecule has 0 spiro atoms. The minimum atomic E-state index is -0.326. The Morgan fingerprint density at radius 1 is 1.14 bits per heavy atom. The normalized spacial score (nSPS) is 10.0. The topological polar surface area (TPSA) is 80.6 Å². The van der Waals surface area contributed by atoms with Crippen molar-refractivity contribution in [1.82, 2.24) is 10.6 Å². The first kappa shape index (κ1) is 15.6. The second-order valence-electron chi connectivity index (χ2n) is 4.61. The molecule has 1 aromatic heterocycles. The molecule has 0 saturated carbocycles. The Hall–Kier alpha value is -2.76. The summed E-state index contributed by atoms with van der Waals surface area (Å²) in [4.78, 5) is 23.3. The molecule has 2 rings (SSSR count). The van der Waals surface area contributed by atoms with Crippen molar-refractivity contribution in [3.63, 3.8) is 0 Å². The summed E-state index contributed by atoms with van der Waals surface area (Å²) in [6.45, 7) is 0.697. The lowest BCUT2D eigenvalue weighted by atomic mass is 10.2. The Labute approximate surface area is 128 Å². The highest BCUT2D eigenvalue weighted by Gasteiger charge is 2.08. The van der Waals surface area contributed by atoms with Gasteiger partial charge in [0, 0.05) is 19.5 Å². The summed E-state index contributed by atoms with van der Waals surface area (Å²) in [6.07, 6.45) is 1.64. The number of hydrogen-bond acceptors (Lipinski definition) is 4. The first-order chi connectivity index (χ1) is 10.7. The molecule has 1 aromatic carbocycles. The molecule has 0 fully saturated rings. The molecule has 2 N–H and O–H groups in total. The molecule has 1 heterocycles. The molecular weight excluding hydrogens is 284 g/mol. The number of rotatable bonds is 7. The van der Waals surface area contributed by atoms with Crippen LogP contribution >= 0.6 is 0 Å². The van der Waals surface area contributed by atoms with E-state index in [1.807, 2.05) is 24.3 Å². The van der Waals surface area contributed by atoms with Crippen LogP contribution in [0.15, 0.2) is 47.1 Å². The molecule has 0 aliphatic carbocycles. The molecule has 0 aliphatic heterocycles. The smallest absolute Gasteiger partial charge is 0.286 e. The third-order valence-corrected chi connectivity index (χ3v) is 3.03. The molecule has 6 nitrogen and oxygen atoms in total. The van der Waals surface area contributed by atoms with Crippen LogP contribution in [-0.2, 0) is 11.3 Å². The van der Waals surface area contributed by atoms with Gasteiger partial charge in [0.2, 0.25) is 5.91 Å². The van der Waals surface area contributed by atoms with Gasteiger partial charge in [0.05, 0.1) is 13.4 Å². The molecule has 0 bridgehead atoms. The second kappa shape index (κ2) is 7.87. The maximum absolute atomic E-state index is 11.7. The number of carbonyl (C=O) groups is 2. The third-order valence-electron chi connectivity index (χ3n) is 3.03. The van der Waals surface area contributed by atoms with Crippen LogP contribution in [0.2, 0.25) is 0 Å². The number of amides is 2. The van der Waals surface area contributed by atoms with Crippen LogP contribution in [0.1, 0.15) is 22.5 Å². The lowest BCUT2D eigenvalue weighted by Crippen LogP contribution is -2.30. The zero-order chi connectivity index (χ0) is 15.8. The van der Waals surface area contributed by atoms with Crippen LogP contribution in [0.25, 0.3) is 0 Å². The van der Waals surface area contributed by atoms with Crippen LogP contribution in [0.5, 0.6) is 5.75 Å². The van der Waals surface area contributed by atoms with Crippen LogP contribution in [0.3, 0.4) is 0 Å². The summed E-state index contributed by atoms with van der Waals surface area (Å²) < 4.78 is 10.0. The lowest BCUT2D eigenvalue weighted by Gasteiger charge is -2.07. The zero-order valence-corrected chi connectivity index (χ0v) is 12.3. The fraction of sp³-hybridized carbons (Fsp3) is 0.250. The van der Waals surface area contributed by atoms with Gasteiger partial charge in [0.25, 0.3) is 5.91 Å². The van der Waals surface area contributed by atoms with Crippen molar-refractivity contribution in [3.8, 4) is 5.75 Å². The molecule has 0 saturated heterocycles. The standard InChI is InChI=1S/C16H18N2O4/c1-21-13-6-4-12(5-7-13)11-18-15(19)8-9-17-16(20)14-3-2-10-22-14/h2-7,10H,8-9,11H2,1H3,(H,17,20)(H,18,19). The van der Waals surface area contributed by atoms with E-state index in [2.05, 4.69) is 10.6 Å². The van der Waals surface area contributed by atoms with E-state index in [1.165, 1.54) is 6.26 Å². The van der Waals surface area contributed by atoms with E-state index in [-0.39, 0.29) is 30.5 Å². The number of furan rings is 1. The summed E-state index contributed by atoms with van der Waals surface area (Å²) in [5, 5.41) is 5.41. The van der Waals surface area contributed by atoms with Crippen LogP contribution in [0.4, 0.5) is 0 Å². The largest absolute Gasteiger partial charge is 0.497 e. The SMILES string of the molecule is COc1ccc(CNC(=O)CCNC(=O)c2ccco2)cc1. The summed E-state index contributed by atoms with van der Waals surface area (Å²) in [6, 6.07) is 10.7. The summed E-state index contributed by atoms with van der Waals surface area (Å²) in [7, 11) is 1.60. The van der Waals surface area contributed by atoms with E-state index in [1.54, 1.807) is 19.2 Å². The fourth-order valence-corrected chi connectivity index (χ4v) is 1.82. The average molecular weight is 302 g/mol. The maximum atomic E-state index is 11.7. The minimum absolute atomic E-state index is 0.129. The highest BCUT2D eigenvalue weighted by atomic mass is 16.5. The van der Waals surface area contributed by atoms with Gasteiger partial charge in [-0.2, -0.15) is 0 Å². The van der Waals surface area contributed by atoms with Crippen LogP contribution in [0, 0.1) is 0 Å². The van der Waals surface area contributed by atoms with Gasteiger partial charge in [-0.1, -0.05) is 12.1 Å². The van der Waals surface area contributed by atoms with Crippen molar-refractivity contribution in [2.24, 2.45) is 0 Å². The number of methoxy groups -OCH3 is 1. The molecule has 22 heavy (non-hydrogen) atoms. The minimum Gasteiger partial charge on any atom is -0.497 e. The number of carbonyl (C=O) groups excluding carboxylic acids is 2. The third kappa shape index (κ3) is 4.66. The molecule has 2 aromatic rings. The Balaban J connectivity index is 1.66. The Bertz CT molecular complexity index is 606. The molecular formula is C16H18N2O4. The van der Waals surface area contributed by atoms with Crippen molar-refractivity contribution in [2.45, 2.75) is 13.0 Å². The van der Waals surface area contributed by atoms with Crippen LogP contribution < -0.4 is 15.4 Å². The van der Waals surface area contributed by atoms with Gasteiger partial charge < -0.3 is 19.8 Å². The summed E-state index contributed by atoms with van der Waals surface area (Å²) in [5.41, 5.74) is 0.980. The van der Waals surface area contributed by atoms with Gasteiger partial charge in [0.1, 0.15) is 5.75 Å². The number of hydrogen-bond donors (Lipinski definition) is 2. The highest BCUT2D eigenvalue weighted by molar-refractivity contribution is 5.91. The Kier molecular flexibility index (Phi) is 5.59. The van der Waals surface area contributed by atoms with Gasteiger partial charge in [-0.3, -0.25) is 9.59 Å². The zero-order valence-electron chi connectivity index (χ0n) is 12.3. The fourth-order valence-electron chi connectivity index (χ4n) is 1.82. The predicted molar refractivity (Wildman–Crippen MR) is 80.5 cm³/mol. The molecule has 2 amide bonds. The molecule has 0 atom stereocenters. The quantitative estimate of drug-likeness (QED) is 0.816. The monoisotopic (exact) mass is 302 g/mol. The first-order valence-corrected chi connectivity index (χ1v) is 6.90. The van der Waals surface area contributed by atoms with Crippen molar-refractivity contribution in [1.29, 1.82) is 0 Å². The van der Waals surface area contributed by atoms with Gasteiger partial charge in [-0.25, -0.2) is 0 Å². The van der Waals surface area contributed by atoms with Crippen molar-refractivity contribution in [3.05, 3.63) is 54.0 Å². The first-order valence-electron chi connectivity index (χ1n) is 6.90. The van der Waals surface area contributed by atoms with Gasteiger partial charge in [0.15, 0.2) is 5.76 Å². The number of ether oxygens (including phenoxy) is 1. The molecule has 0 radical (unpaired) electrons. The van der Waals surface area contributed by atoms with E-state index < -0.39 is 0 Å². The molecule has 0 unspecified atom stereocenters. The Morgan fingerprint density at radius 3 is 2.55 bits per heavy atom. The van der Waals surface area contributed by atoms with Crippen LogP contribution in [-0.4, -0.2) is 25.5 Å². The molecule has 6 heteroatoms. The van der Waals surface area contributed by atoms with Gasteiger partial charge in [-0.05, 0) is 29.8 Å². The van der Waals surface area contributed by atoms with E-state index in [9.17, 15) is 9.59 Å². The van der Waals surface area contributed by atoms with E-state index in [4.69, 9.17) is 9.15 Å². The van der Waals surface area contributed by atoms with Gasteiger partial charge in [-0.15, -0.1) is 0 Å². The Morgan fingerprint density at radius 2 is 1.91 bits per heavy atom. The number of benzene rings is 1. The summed E-state index contributed by atoms with van der Waals surface area (Å²) in [5.74, 6) is 0.554. The van der Waals surface area contributed by atoms with Crippen molar-refractivity contribution >= 4 is 11.8 Å². The predicted octanol–water partition coefficient (Wildman–Crippen LogP) is 1.72. The molecule has 0 aliphatic rings. The van der Waals surface area contributed by atoms with E-state index in [0.717, 1.165) is 11.3 Å². The average Bonchev–Trinajstić information content (AvgIpc) is 3.08. The summed E-state index contributed by atoms with van der Waals surface area (Å²) >= 11 is 0. The second-order valence-corrected chi connectivity index (χ2v) is 4.61. The van der Waals surface area contributed by atoms with Gasteiger partial charge >= 0.3 is 0 Å². The molecule has 116 valence electrons. The maximum Gasteiger partial charge on any atom is 0.286 e. The van der Waals surface area contributed by atoms with Crippen molar-refractivity contribution in [2.75, 3.05) is 13.7 Å². The van der Waals surface area contributed by atoms with E-state index in [0.29, 0.717) is 6.54 Å². The van der Waals surface area contributed by atoms with E-state index >= 15 is 0 Å². The van der Waals surface area contributed by atoms with Crippen molar-refractivity contribution < 1.29 is 18.7 Å². The lowest BCUT2D eigenvalue weighted by molar-refractivity contribution is -0.121. The highest BCUT2D eigenvalue weighted by Crippen LogP contribution is 2.10.